The van der Waals surface area contributed by atoms with Crippen molar-refractivity contribution >= 4 is 12.1 Å². The molecule has 0 saturated heterocycles. The largest absolute Gasteiger partial charge is 0.480 e. The van der Waals surface area contributed by atoms with Gasteiger partial charge in [0.15, 0.2) is 0 Å². The number of ether oxygens (including phenoxy) is 1. The number of carboxylic acids is 1. The zero-order valence-electron chi connectivity index (χ0n) is 17.0. The molecule has 0 bridgehead atoms. The van der Waals surface area contributed by atoms with Gasteiger partial charge in [-0.3, -0.25) is 4.79 Å². The van der Waals surface area contributed by atoms with Crippen molar-refractivity contribution in [3.8, 4) is 0 Å². The minimum Gasteiger partial charge on any atom is -0.480 e. The highest BCUT2D eigenvalue weighted by molar-refractivity contribution is 5.72. The molecular formula is C20H31N3O5. The molecule has 0 saturated carbocycles. The molecule has 1 atom stereocenters. The van der Waals surface area contributed by atoms with Crippen molar-refractivity contribution in [2.75, 3.05) is 6.54 Å². The number of carbonyl (C=O) groups is 2. The van der Waals surface area contributed by atoms with E-state index in [-0.39, 0.29) is 6.61 Å². The van der Waals surface area contributed by atoms with Gasteiger partial charge in [0, 0.05) is 6.54 Å². The minimum atomic E-state index is -1.02. The summed E-state index contributed by atoms with van der Waals surface area (Å²) in [5.41, 5.74) is 7.31. The van der Waals surface area contributed by atoms with E-state index >= 15 is 0 Å². The highest BCUT2D eigenvalue weighted by atomic mass is 16.5. The molecule has 1 aromatic rings. The summed E-state index contributed by atoms with van der Waals surface area (Å²) in [4.78, 5) is 22.5. The Kier molecular flexibility index (Phi) is 6.69. The number of hydrogen-bond acceptors (Lipinski definition) is 6. The van der Waals surface area contributed by atoms with Crippen LogP contribution >= 0.6 is 0 Å². The molecule has 2 rings (SSSR count). The monoisotopic (exact) mass is 393 g/mol. The fraction of sp³-hybridized carbons (Fsp3) is 0.600. The molecule has 28 heavy (non-hydrogen) atoms. The number of benzene rings is 1. The van der Waals surface area contributed by atoms with Crippen LogP contribution in [0.3, 0.4) is 0 Å². The quantitative estimate of drug-likeness (QED) is 0.500. The number of nitrogens with one attached hydrogen (secondary N) is 1. The first kappa shape index (κ1) is 22.1. The van der Waals surface area contributed by atoms with Gasteiger partial charge < -0.3 is 26.1 Å². The van der Waals surface area contributed by atoms with Crippen LogP contribution in [0.2, 0.25) is 0 Å². The van der Waals surface area contributed by atoms with Crippen LogP contribution in [0.1, 0.15) is 63.6 Å². The van der Waals surface area contributed by atoms with Crippen molar-refractivity contribution in [3.63, 3.8) is 0 Å². The van der Waals surface area contributed by atoms with E-state index in [0.717, 1.165) is 16.7 Å². The van der Waals surface area contributed by atoms with Gasteiger partial charge in [-0.15, -0.1) is 0 Å². The Balaban J connectivity index is 1.82. The third-order valence-corrected chi connectivity index (χ3v) is 5.36. The predicted molar refractivity (Wildman–Crippen MR) is 104 cm³/mol. The number of rotatable bonds is 8. The zero-order valence-corrected chi connectivity index (χ0v) is 17.0. The number of fused-ring (bicyclic) bond motifs is 1. The lowest BCUT2D eigenvalue weighted by atomic mass is 9.89. The average molecular weight is 393 g/mol. The van der Waals surface area contributed by atoms with Gasteiger partial charge in [-0.1, -0.05) is 18.2 Å². The maximum Gasteiger partial charge on any atom is 0.407 e. The molecule has 0 unspecified atom stereocenters. The number of aliphatic carboxylic acids is 1. The third-order valence-electron chi connectivity index (χ3n) is 5.36. The Morgan fingerprint density at radius 3 is 2.46 bits per heavy atom. The fourth-order valence-corrected chi connectivity index (χ4v) is 3.65. The second-order valence-electron chi connectivity index (χ2n) is 8.25. The molecule has 156 valence electrons. The van der Waals surface area contributed by atoms with Gasteiger partial charge in [0.1, 0.15) is 12.6 Å². The van der Waals surface area contributed by atoms with Crippen LogP contribution in [-0.2, 0) is 27.2 Å². The number of nitrogens with two attached hydrogens (primary N) is 1. The first-order chi connectivity index (χ1) is 13.0. The molecule has 1 aromatic carbocycles. The number of hydroxylamine groups is 2. The van der Waals surface area contributed by atoms with Gasteiger partial charge >= 0.3 is 12.1 Å². The topological polar surface area (TPSA) is 125 Å². The van der Waals surface area contributed by atoms with Crippen LogP contribution in [0.5, 0.6) is 0 Å². The van der Waals surface area contributed by atoms with Crippen LogP contribution in [-0.4, -0.2) is 40.0 Å². The Morgan fingerprint density at radius 1 is 1.18 bits per heavy atom. The van der Waals surface area contributed by atoms with E-state index in [2.05, 4.69) is 5.32 Å². The van der Waals surface area contributed by atoms with Gasteiger partial charge in [-0.25, -0.2) is 4.79 Å². The van der Waals surface area contributed by atoms with E-state index in [1.807, 2.05) is 45.9 Å². The first-order valence-electron chi connectivity index (χ1n) is 9.50. The lowest BCUT2D eigenvalue weighted by molar-refractivity contribution is -0.216. The molecule has 0 aliphatic carbocycles. The second kappa shape index (κ2) is 8.46. The van der Waals surface area contributed by atoms with Crippen molar-refractivity contribution in [3.05, 3.63) is 34.9 Å². The van der Waals surface area contributed by atoms with Crippen LogP contribution < -0.4 is 11.1 Å². The highest BCUT2D eigenvalue weighted by Crippen LogP contribution is 2.48. The summed E-state index contributed by atoms with van der Waals surface area (Å²) in [5, 5.41) is 23.2. The molecule has 1 heterocycles. The SMILES string of the molecule is CC1(C)c2ccc(COC(=O)NCCCC[C@H](N)C(=O)O)cc2C(C)(C)N1O. The third kappa shape index (κ3) is 4.63. The van der Waals surface area contributed by atoms with E-state index in [1.54, 1.807) is 0 Å². The van der Waals surface area contributed by atoms with Crippen LogP contribution in [0, 0.1) is 0 Å². The van der Waals surface area contributed by atoms with Gasteiger partial charge in [0.25, 0.3) is 0 Å². The fourth-order valence-electron chi connectivity index (χ4n) is 3.65. The number of alkyl carbamates (subject to hydrolysis) is 1. The highest BCUT2D eigenvalue weighted by Gasteiger charge is 2.48. The average Bonchev–Trinajstić information content (AvgIpc) is 2.77. The van der Waals surface area contributed by atoms with Crippen molar-refractivity contribution < 1.29 is 24.6 Å². The molecule has 8 nitrogen and oxygen atoms in total. The van der Waals surface area contributed by atoms with Crippen LogP contribution in [0.25, 0.3) is 0 Å². The molecular weight excluding hydrogens is 362 g/mol. The summed E-state index contributed by atoms with van der Waals surface area (Å²) >= 11 is 0. The maximum atomic E-state index is 11.8. The predicted octanol–water partition coefficient (Wildman–Crippen LogP) is 2.67. The van der Waals surface area contributed by atoms with Crippen molar-refractivity contribution in [1.29, 1.82) is 0 Å². The minimum absolute atomic E-state index is 0.130. The number of carbonyl (C=O) groups excluding carboxylic acids is 1. The Labute approximate surface area is 165 Å². The summed E-state index contributed by atoms with van der Waals surface area (Å²) in [6, 6.07) is 4.97. The maximum absolute atomic E-state index is 11.8. The number of unbranched alkanes of at least 4 members (excludes halogenated alkanes) is 1. The van der Waals surface area contributed by atoms with E-state index in [4.69, 9.17) is 15.6 Å². The van der Waals surface area contributed by atoms with Crippen molar-refractivity contribution in [2.24, 2.45) is 5.73 Å². The zero-order chi connectivity index (χ0) is 21.1. The molecule has 0 radical (unpaired) electrons. The van der Waals surface area contributed by atoms with E-state index in [9.17, 15) is 14.8 Å². The molecule has 1 aliphatic heterocycles. The Bertz CT molecular complexity index is 733. The number of carboxylic acid groups (broad SMARTS) is 1. The summed E-state index contributed by atoms with van der Waals surface area (Å²) in [5.74, 6) is -1.02. The number of hydrogen-bond donors (Lipinski definition) is 4. The molecule has 0 aromatic heterocycles. The standard InChI is InChI=1S/C20H31N3O5/c1-19(2)14-9-8-13(11-15(14)20(3,4)23(19)27)12-28-18(26)22-10-6-5-7-16(21)17(24)25/h8-9,11,16,27H,5-7,10,12,21H2,1-4H3,(H,22,26)(H,24,25)/t16-/m0/s1. The van der Waals surface area contributed by atoms with E-state index in [1.165, 1.54) is 5.06 Å². The smallest absolute Gasteiger partial charge is 0.407 e. The molecule has 1 amide bonds. The van der Waals surface area contributed by atoms with Crippen LogP contribution in [0.4, 0.5) is 4.79 Å². The van der Waals surface area contributed by atoms with Gasteiger partial charge in [0.05, 0.1) is 11.1 Å². The Hall–Kier alpha value is -2.16. The lowest BCUT2D eigenvalue weighted by Crippen LogP contribution is -2.42. The Morgan fingerprint density at radius 2 is 1.82 bits per heavy atom. The first-order valence-corrected chi connectivity index (χ1v) is 9.50. The number of nitrogens with zero attached hydrogens (tertiary/aromatic N) is 1. The molecule has 5 N–H and O–H groups in total. The van der Waals surface area contributed by atoms with Crippen molar-refractivity contribution in [1.82, 2.24) is 10.4 Å². The van der Waals surface area contributed by atoms with Gasteiger partial charge in [-0.2, -0.15) is 5.06 Å². The normalized spacial score (nSPS) is 18.4. The van der Waals surface area contributed by atoms with Gasteiger partial charge in [-0.05, 0) is 63.6 Å². The summed E-state index contributed by atoms with van der Waals surface area (Å²) < 4.78 is 5.26. The molecule has 0 spiro atoms. The number of amides is 1. The second-order valence-corrected chi connectivity index (χ2v) is 8.25. The van der Waals surface area contributed by atoms with Crippen molar-refractivity contribution in [2.45, 2.75) is 70.7 Å². The van der Waals surface area contributed by atoms with E-state index in [0.29, 0.717) is 25.8 Å². The van der Waals surface area contributed by atoms with E-state index < -0.39 is 29.2 Å². The summed E-state index contributed by atoms with van der Waals surface area (Å²) in [7, 11) is 0. The summed E-state index contributed by atoms with van der Waals surface area (Å²) in [6.07, 6.45) is 1.09. The van der Waals surface area contributed by atoms with Gasteiger partial charge in [0.2, 0.25) is 0 Å². The molecule has 0 fully saturated rings. The molecule has 8 heteroatoms. The molecule has 1 aliphatic rings. The van der Waals surface area contributed by atoms with Crippen LogP contribution in [0.15, 0.2) is 18.2 Å². The summed E-state index contributed by atoms with van der Waals surface area (Å²) in [6.45, 7) is 8.37. The lowest BCUT2D eigenvalue weighted by Gasteiger charge is -2.34.